The van der Waals surface area contributed by atoms with Gasteiger partial charge in [0.25, 0.3) is 0 Å². The van der Waals surface area contributed by atoms with Crippen LogP contribution in [0.2, 0.25) is 15.2 Å². The number of thiophene rings is 1. The van der Waals surface area contributed by atoms with Gasteiger partial charge < -0.3 is 9.88 Å². The van der Waals surface area contributed by atoms with Crippen molar-refractivity contribution < 1.29 is 18.0 Å². The highest BCUT2D eigenvalue weighted by Gasteiger charge is 2.38. The molecular weight excluding hydrogens is 436 g/mol. The maximum Gasteiger partial charge on any atom is 0.471 e. The van der Waals surface area contributed by atoms with E-state index in [1.54, 1.807) is 16.0 Å². The zero-order valence-corrected chi connectivity index (χ0v) is 15.7. The first kappa shape index (κ1) is 19.2. The first-order valence-corrected chi connectivity index (χ1v) is 8.99. The molecule has 5 nitrogen and oxygen atoms in total. The summed E-state index contributed by atoms with van der Waals surface area (Å²) in [4.78, 5) is 19.6. The maximum absolute atomic E-state index is 12.4. The molecule has 0 saturated heterocycles. The molecule has 3 aromatic rings. The number of hydrogen-bond acceptors (Lipinski definition) is 4. The molecule has 0 fully saturated rings. The van der Waals surface area contributed by atoms with E-state index in [0.29, 0.717) is 26.6 Å². The highest BCUT2D eigenvalue weighted by Crippen LogP contribution is 2.43. The van der Waals surface area contributed by atoms with E-state index in [4.69, 9.17) is 34.8 Å². The normalized spacial score (nSPS) is 11.9. The lowest BCUT2D eigenvalue weighted by Gasteiger charge is -2.12. The molecule has 0 bridgehead atoms. The van der Waals surface area contributed by atoms with Crippen LogP contribution in [0.25, 0.3) is 21.6 Å². The Morgan fingerprint density at radius 3 is 2.62 bits per heavy atom. The Morgan fingerprint density at radius 1 is 1.27 bits per heavy atom. The van der Waals surface area contributed by atoms with Crippen LogP contribution >= 0.6 is 46.1 Å². The van der Waals surface area contributed by atoms with Crippen molar-refractivity contribution in [3.8, 4) is 10.6 Å². The number of hydrogen-bond donors (Lipinski definition) is 1. The summed E-state index contributed by atoms with van der Waals surface area (Å²) in [5.74, 6) is -2.03. The van der Waals surface area contributed by atoms with Gasteiger partial charge in [-0.2, -0.15) is 13.2 Å². The largest absolute Gasteiger partial charge is 0.471 e. The van der Waals surface area contributed by atoms with E-state index in [1.807, 2.05) is 5.32 Å². The highest BCUT2D eigenvalue weighted by molar-refractivity contribution is 7.14. The summed E-state index contributed by atoms with van der Waals surface area (Å²) in [5, 5.41) is 4.30. The Balaban J connectivity index is 2.05. The molecule has 0 aliphatic rings. The van der Waals surface area contributed by atoms with Gasteiger partial charge in [0, 0.05) is 13.1 Å². The SMILES string of the molecule is O=C(NCCn1c(-c2sccc2Cl)c(Cl)c2ncnc(Cl)c21)C(F)(F)F. The van der Waals surface area contributed by atoms with Crippen LogP contribution in [0.15, 0.2) is 17.8 Å². The fourth-order valence-corrected chi connectivity index (χ4v) is 4.22. The number of halogens is 6. The van der Waals surface area contributed by atoms with Gasteiger partial charge in [0.1, 0.15) is 17.4 Å². The Bertz CT molecular complexity index is 986. The van der Waals surface area contributed by atoms with Crippen LogP contribution in [0.3, 0.4) is 0 Å². The minimum absolute atomic E-state index is 0.0400. The van der Waals surface area contributed by atoms with Gasteiger partial charge in [-0.05, 0) is 11.4 Å². The van der Waals surface area contributed by atoms with Gasteiger partial charge in [0.2, 0.25) is 0 Å². The number of alkyl halides is 3. The van der Waals surface area contributed by atoms with Gasteiger partial charge in [-0.25, -0.2) is 9.97 Å². The number of carbonyl (C=O) groups excluding carboxylic acids is 1. The predicted octanol–water partition coefficient (Wildman–Crippen LogP) is 4.80. The number of nitrogens with one attached hydrogen (secondary N) is 1. The van der Waals surface area contributed by atoms with E-state index in [9.17, 15) is 18.0 Å². The highest BCUT2D eigenvalue weighted by atomic mass is 35.5. The lowest BCUT2D eigenvalue weighted by Crippen LogP contribution is -2.38. The Kier molecular flexibility index (Phi) is 5.34. The van der Waals surface area contributed by atoms with Gasteiger partial charge in [-0.1, -0.05) is 34.8 Å². The molecule has 0 aliphatic heterocycles. The smallest absolute Gasteiger partial charge is 0.346 e. The van der Waals surface area contributed by atoms with Gasteiger partial charge >= 0.3 is 12.1 Å². The van der Waals surface area contributed by atoms with E-state index < -0.39 is 12.1 Å². The van der Waals surface area contributed by atoms with E-state index >= 15 is 0 Å². The summed E-state index contributed by atoms with van der Waals surface area (Å²) in [7, 11) is 0. The summed E-state index contributed by atoms with van der Waals surface area (Å²) in [6.07, 6.45) is -3.73. The van der Waals surface area contributed by atoms with Crippen molar-refractivity contribution in [2.24, 2.45) is 0 Å². The zero-order chi connectivity index (χ0) is 19.1. The van der Waals surface area contributed by atoms with E-state index in [2.05, 4.69) is 9.97 Å². The summed E-state index contributed by atoms with van der Waals surface area (Å²) in [6, 6.07) is 1.67. The van der Waals surface area contributed by atoms with Crippen molar-refractivity contribution in [2.45, 2.75) is 12.7 Å². The molecule has 0 radical (unpaired) electrons. The third-order valence-corrected chi connectivity index (χ3v) is 5.43. The van der Waals surface area contributed by atoms with Crippen molar-refractivity contribution in [1.82, 2.24) is 19.9 Å². The van der Waals surface area contributed by atoms with Gasteiger partial charge in [0.15, 0.2) is 5.15 Å². The Hall–Kier alpha value is -1.55. The fraction of sp³-hybridized carbons (Fsp3) is 0.214. The van der Waals surface area contributed by atoms with Crippen LogP contribution in [0, 0.1) is 0 Å². The number of aromatic nitrogens is 3. The molecule has 1 N–H and O–H groups in total. The molecule has 3 rings (SSSR count). The third-order valence-electron chi connectivity index (χ3n) is 3.44. The molecule has 3 heterocycles. The summed E-state index contributed by atoms with van der Waals surface area (Å²) in [5.41, 5.74) is 1.14. The molecule has 0 aliphatic carbocycles. The third kappa shape index (κ3) is 3.48. The minimum Gasteiger partial charge on any atom is -0.346 e. The molecule has 26 heavy (non-hydrogen) atoms. The van der Waals surface area contributed by atoms with Gasteiger partial charge in [0.05, 0.1) is 20.6 Å². The second kappa shape index (κ2) is 7.22. The van der Waals surface area contributed by atoms with E-state index in [0.717, 1.165) is 0 Å². The van der Waals surface area contributed by atoms with Crippen LogP contribution in [-0.2, 0) is 11.3 Å². The predicted molar refractivity (Wildman–Crippen MR) is 94.9 cm³/mol. The monoisotopic (exact) mass is 442 g/mol. The maximum atomic E-state index is 12.4. The number of nitrogens with zero attached hydrogens (tertiary/aromatic N) is 3. The number of rotatable bonds is 4. The minimum atomic E-state index is -4.96. The second-order valence-corrected chi connectivity index (χ2v) is 7.09. The first-order valence-electron chi connectivity index (χ1n) is 6.98. The number of carbonyl (C=O) groups is 1. The van der Waals surface area contributed by atoms with Gasteiger partial charge in [-0.15, -0.1) is 11.3 Å². The molecule has 0 spiro atoms. The average Bonchev–Trinajstić information content (AvgIpc) is 3.09. The van der Waals surface area contributed by atoms with Crippen molar-refractivity contribution in [2.75, 3.05) is 6.54 Å². The molecule has 0 atom stereocenters. The zero-order valence-electron chi connectivity index (χ0n) is 12.6. The van der Waals surface area contributed by atoms with Crippen LogP contribution in [-0.4, -0.2) is 33.2 Å². The van der Waals surface area contributed by atoms with Gasteiger partial charge in [-0.3, -0.25) is 4.79 Å². The molecule has 0 saturated carbocycles. The van der Waals surface area contributed by atoms with E-state index in [-0.39, 0.29) is 23.3 Å². The van der Waals surface area contributed by atoms with Crippen LogP contribution in [0.1, 0.15) is 0 Å². The lowest BCUT2D eigenvalue weighted by atomic mass is 10.3. The molecule has 138 valence electrons. The van der Waals surface area contributed by atoms with Crippen molar-refractivity contribution in [1.29, 1.82) is 0 Å². The Labute approximate surface area is 163 Å². The molecule has 0 aromatic carbocycles. The lowest BCUT2D eigenvalue weighted by molar-refractivity contribution is -0.173. The molecule has 3 aromatic heterocycles. The summed E-state index contributed by atoms with van der Waals surface area (Å²) < 4.78 is 38.6. The average molecular weight is 444 g/mol. The molecule has 12 heteroatoms. The standard InChI is InChI=1S/C14H8Cl3F3N4OS/c15-6-1-4-26-11(6)9-7(16)8-10(12(17)23-5-22-8)24(9)3-2-21-13(25)14(18,19)20/h1,4-5H,2-3H2,(H,21,25). The van der Waals surface area contributed by atoms with Crippen molar-refractivity contribution in [3.05, 3.63) is 33.0 Å². The summed E-state index contributed by atoms with van der Waals surface area (Å²) in [6.45, 7) is -0.346. The first-order chi connectivity index (χ1) is 12.2. The molecular formula is C14H8Cl3F3N4OS. The molecule has 1 amide bonds. The molecule has 0 unspecified atom stereocenters. The number of fused-ring (bicyclic) bond motifs is 1. The van der Waals surface area contributed by atoms with E-state index in [1.165, 1.54) is 17.7 Å². The van der Waals surface area contributed by atoms with Crippen molar-refractivity contribution in [3.63, 3.8) is 0 Å². The van der Waals surface area contributed by atoms with Crippen LogP contribution < -0.4 is 5.32 Å². The quantitative estimate of drug-likeness (QED) is 0.589. The van der Waals surface area contributed by atoms with Crippen LogP contribution in [0.5, 0.6) is 0 Å². The van der Waals surface area contributed by atoms with Crippen molar-refractivity contribution >= 4 is 63.1 Å². The topological polar surface area (TPSA) is 59.8 Å². The summed E-state index contributed by atoms with van der Waals surface area (Å²) >= 11 is 20.0. The van der Waals surface area contributed by atoms with Crippen LogP contribution in [0.4, 0.5) is 13.2 Å². The Morgan fingerprint density at radius 2 is 2.00 bits per heavy atom. The number of amides is 1. The fourth-order valence-electron chi connectivity index (χ4n) is 2.39. The second-order valence-electron chi connectivity index (χ2n) is 5.03.